The average Bonchev–Trinajstić information content (AvgIpc) is 2.35. The molecule has 0 aliphatic heterocycles. The second-order valence-electron chi connectivity index (χ2n) is 4.00. The second kappa shape index (κ2) is 6.69. The van der Waals surface area contributed by atoms with Gasteiger partial charge in [-0.1, -0.05) is 12.1 Å². The van der Waals surface area contributed by atoms with E-state index >= 15 is 0 Å². The van der Waals surface area contributed by atoms with Crippen molar-refractivity contribution in [1.82, 2.24) is 5.32 Å². The third-order valence-electron chi connectivity index (χ3n) is 2.69. The van der Waals surface area contributed by atoms with Crippen LogP contribution in [-0.4, -0.2) is 35.7 Å². The minimum Gasteiger partial charge on any atom is -0.487 e. The monoisotopic (exact) mass is 268 g/mol. The van der Waals surface area contributed by atoms with E-state index in [0.29, 0.717) is 5.56 Å². The summed E-state index contributed by atoms with van der Waals surface area (Å²) in [5.41, 5.74) is 0.530. The first-order valence-corrected chi connectivity index (χ1v) is 5.74. The maximum absolute atomic E-state index is 10.9. The van der Waals surface area contributed by atoms with Gasteiger partial charge in [0.15, 0.2) is 5.75 Å². The molecule has 0 heterocycles. The molecule has 1 unspecified atom stereocenters. The average molecular weight is 268 g/mol. The lowest BCUT2D eigenvalue weighted by molar-refractivity contribution is -0.385. The van der Waals surface area contributed by atoms with E-state index in [1.54, 1.807) is 19.1 Å². The SMILES string of the molecule is CNC(CCOc1c(C)cccc1[N+](=O)[O-])C(=O)O. The van der Waals surface area contributed by atoms with Crippen LogP contribution in [0.5, 0.6) is 5.75 Å². The molecule has 1 rings (SSSR count). The number of carboxylic acids is 1. The molecule has 0 aromatic heterocycles. The zero-order valence-corrected chi connectivity index (χ0v) is 10.8. The van der Waals surface area contributed by atoms with Gasteiger partial charge in [-0.15, -0.1) is 0 Å². The molecule has 0 fully saturated rings. The van der Waals surface area contributed by atoms with E-state index in [-0.39, 0.29) is 24.5 Å². The van der Waals surface area contributed by atoms with E-state index in [2.05, 4.69) is 5.32 Å². The highest BCUT2D eigenvalue weighted by molar-refractivity contribution is 5.73. The molecule has 1 aromatic carbocycles. The summed E-state index contributed by atoms with van der Waals surface area (Å²) < 4.78 is 5.37. The van der Waals surface area contributed by atoms with E-state index in [9.17, 15) is 14.9 Å². The van der Waals surface area contributed by atoms with Crippen LogP contribution >= 0.6 is 0 Å². The molecule has 0 spiro atoms. The number of ether oxygens (including phenoxy) is 1. The quantitative estimate of drug-likeness (QED) is 0.571. The zero-order chi connectivity index (χ0) is 14.4. The number of para-hydroxylation sites is 1. The molecule has 0 aliphatic carbocycles. The van der Waals surface area contributed by atoms with Gasteiger partial charge in [0.2, 0.25) is 0 Å². The molecule has 0 radical (unpaired) electrons. The van der Waals surface area contributed by atoms with Gasteiger partial charge in [0.05, 0.1) is 11.5 Å². The Kier molecular flexibility index (Phi) is 5.25. The van der Waals surface area contributed by atoms with Crippen molar-refractivity contribution in [3.8, 4) is 5.75 Å². The van der Waals surface area contributed by atoms with Crippen molar-refractivity contribution >= 4 is 11.7 Å². The molecular weight excluding hydrogens is 252 g/mol. The number of nitrogens with one attached hydrogen (secondary N) is 1. The van der Waals surface area contributed by atoms with E-state index < -0.39 is 16.9 Å². The van der Waals surface area contributed by atoms with Crippen molar-refractivity contribution in [2.24, 2.45) is 0 Å². The number of hydrogen-bond acceptors (Lipinski definition) is 5. The lowest BCUT2D eigenvalue weighted by Gasteiger charge is -2.13. The molecule has 19 heavy (non-hydrogen) atoms. The van der Waals surface area contributed by atoms with Crippen molar-refractivity contribution in [2.45, 2.75) is 19.4 Å². The number of carboxylic acid groups (broad SMARTS) is 1. The van der Waals surface area contributed by atoms with Crippen LogP contribution in [0.3, 0.4) is 0 Å². The van der Waals surface area contributed by atoms with E-state index in [1.807, 2.05) is 0 Å². The van der Waals surface area contributed by atoms with Gasteiger partial charge in [-0.2, -0.15) is 0 Å². The summed E-state index contributed by atoms with van der Waals surface area (Å²) in [6.07, 6.45) is 0.220. The van der Waals surface area contributed by atoms with Crippen LogP contribution < -0.4 is 10.1 Å². The molecule has 0 aliphatic rings. The van der Waals surface area contributed by atoms with Crippen LogP contribution in [0.25, 0.3) is 0 Å². The van der Waals surface area contributed by atoms with Crippen molar-refractivity contribution in [2.75, 3.05) is 13.7 Å². The molecule has 0 saturated carbocycles. The minimum atomic E-state index is -0.981. The molecule has 2 N–H and O–H groups in total. The highest BCUT2D eigenvalue weighted by Crippen LogP contribution is 2.30. The first-order chi connectivity index (χ1) is 8.97. The van der Waals surface area contributed by atoms with Gasteiger partial charge in [-0.3, -0.25) is 14.9 Å². The number of rotatable bonds is 7. The smallest absolute Gasteiger partial charge is 0.320 e. The van der Waals surface area contributed by atoms with Crippen LogP contribution in [-0.2, 0) is 4.79 Å². The molecule has 1 atom stereocenters. The third kappa shape index (κ3) is 3.92. The maximum Gasteiger partial charge on any atom is 0.320 e. The molecular formula is C12H16N2O5. The predicted octanol–water partition coefficient (Wildman–Crippen LogP) is 1.34. The number of nitro groups is 1. The summed E-state index contributed by atoms with van der Waals surface area (Å²) in [6.45, 7) is 1.79. The van der Waals surface area contributed by atoms with Crippen LogP contribution in [0, 0.1) is 17.0 Å². The van der Waals surface area contributed by atoms with E-state index in [1.165, 1.54) is 13.1 Å². The summed E-state index contributed by atoms with van der Waals surface area (Å²) in [4.78, 5) is 21.1. The largest absolute Gasteiger partial charge is 0.487 e. The van der Waals surface area contributed by atoms with Gasteiger partial charge in [-0.25, -0.2) is 0 Å². The first kappa shape index (κ1) is 14.9. The van der Waals surface area contributed by atoms with Crippen molar-refractivity contribution in [1.29, 1.82) is 0 Å². The highest BCUT2D eigenvalue weighted by atomic mass is 16.6. The number of likely N-dealkylation sites (N-methyl/N-ethyl adjacent to an activating group) is 1. The Balaban J connectivity index is 2.72. The standard InChI is InChI=1S/C12H16N2O5/c1-8-4-3-5-10(14(17)18)11(8)19-7-6-9(13-2)12(15)16/h3-5,9,13H,6-7H2,1-2H3,(H,15,16). The van der Waals surface area contributed by atoms with Gasteiger partial charge in [0.25, 0.3) is 0 Å². The van der Waals surface area contributed by atoms with Gasteiger partial charge in [-0.05, 0) is 19.5 Å². The number of benzene rings is 1. The number of nitrogens with zero attached hydrogens (tertiary/aromatic N) is 1. The summed E-state index contributed by atoms with van der Waals surface area (Å²) in [7, 11) is 1.54. The van der Waals surface area contributed by atoms with Crippen LogP contribution in [0.15, 0.2) is 18.2 Å². The molecule has 1 aromatic rings. The summed E-state index contributed by atoms with van der Waals surface area (Å²) >= 11 is 0. The molecule has 0 saturated heterocycles. The summed E-state index contributed by atoms with van der Waals surface area (Å²) in [5.74, 6) is -0.793. The summed E-state index contributed by atoms with van der Waals surface area (Å²) in [5, 5.41) is 22.3. The van der Waals surface area contributed by atoms with Crippen LogP contribution in [0.1, 0.15) is 12.0 Å². The lowest BCUT2D eigenvalue weighted by atomic mass is 10.2. The first-order valence-electron chi connectivity index (χ1n) is 5.74. The lowest BCUT2D eigenvalue weighted by Crippen LogP contribution is -2.35. The summed E-state index contributed by atoms with van der Waals surface area (Å²) in [6, 6.07) is 3.90. The minimum absolute atomic E-state index is 0.0868. The van der Waals surface area contributed by atoms with Crippen LogP contribution in [0.2, 0.25) is 0 Å². The molecule has 7 heteroatoms. The second-order valence-corrected chi connectivity index (χ2v) is 4.00. The Morgan fingerprint density at radius 1 is 1.58 bits per heavy atom. The normalized spacial score (nSPS) is 11.9. The Labute approximate surface area is 110 Å². The number of nitro benzene ring substituents is 1. The maximum atomic E-state index is 10.9. The van der Waals surface area contributed by atoms with E-state index in [0.717, 1.165) is 0 Å². The number of aryl methyl sites for hydroxylation is 1. The van der Waals surface area contributed by atoms with Crippen molar-refractivity contribution in [3.63, 3.8) is 0 Å². The van der Waals surface area contributed by atoms with Gasteiger partial charge >= 0.3 is 11.7 Å². The van der Waals surface area contributed by atoms with E-state index in [4.69, 9.17) is 9.84 Å². The van der Waals surface area contributed by atoms with Crippen molar-refractivity contribution < 1.29 is 19.6 Å². The van der Waals surface area contributed by atoms with Gasteiger partial charge in [0.1, 0.15) is 6.04 Å². The molecule has 0 bridgehead atoms. The Bertz CT molecular complexity index is 475. The Morgan fingerprint density at radius 3 is 2.79 bits per heavy atom. The Hall–Kier alpha value is -2.15. The third-order valence-corrected chi connectivity index (χ3v) is 2.69. The Morgan fingerprint density at radius 2 is 2.26 bits per heavy atom. The fourth-order valence-electron chi connectivity index (χ4n) is 1.64. The molecule has 7 nitrogen and oxygen atoms in total. The zero-order valence-electron chi connectivity index (χ0n) is 10.8. The van der Waals surface area contributed by atoms with Crippen molar-refractivity contribution in [3.05, 3.63) is 33.9 Å². The van der Waals surface area contributed by atoms with Gasteiger partial charge < -0.3 is 15.2 Å². The number of carbonyl (C=O) groups is 1. The molecule has 104 valence electrons. The number of hydrogen-bond donors (Lipinski definition) is 2. The molecule has 0 amide bonds. The fraction of sp³-hybridized carbons (Fsp3) is 0.417. The topological polar surface area (TPSA) is 102 Å². The highest BCUT2D eigenvalue weighted by Gasteiger charge is 2.19. The number of aliphatic carboxylic acids is 1. The predicted molar refractivity (Wildman–Crippen MR) is 68.4 cm³/mol. The van der Waals surface area contributed by atoms with Crippen LogP contribution in [0.4, 0.5) is 5.69 Å². The fourth-order valence-corrected chi connectivity index (χ4v) is 1.64. The van der Waals surface area contributed by atoms with Gasteiger partial charge in [0, 0.05) is 12.5 Å².